The molecule has 2 atom stereocenters. The van der Waals surface area contributed by atoms with Crippen molar-refractivity contribution < 1.29 is 9.59 Å². The maximum absolute atomic E-state index is 10.9. The Balaban J connectivity index is 3.18. The van der Waals surface area contributed by atoms with Gasteiger partial charge in [-0.3, -0.25) is 9.59 Å². The highest BCUT2D eigenvalue weighted by molar-refractivity contribution is 5.75. The van der Waals surface area contributed by atoms with Gasteiger partial charge in [0.05, 0.1) is 24.3 Å². The van der Waals surface area contributed by atoms with Gasteiger partial charge in [-0.05, 0) is 11.1 Å². The SMILES string of the molecule is N=[C]CC([C]=O)c1ccccc1C([C]=O)C[C]=N. The molecule has 1 aromatic rings. The van der Waals surface area contributed by atoms with Gasteiger partial charge in [0.2, 0.25) is 12.6 Å². The molecule has 0 aliphatic heterocycles. The van der Waals surface area contributed by atoms with E-state index in [0.29, 0.717) is 11.1 Å². The van der Waals surface area contributed by atoms with Crippen LogP contribution in [0.25, 0.3) is 0 Å². The standard InChI is InChI=1S/C14H12N2O2/c15-7-5-11(9-17)13-3-1-2-4-14(13)12(10-18)6-8-16/h1-4,11-12,15-16H,5-6H2. The molecule has 90 valence electrons. The minimum absolute atomic E-state index is 0.125. The first-order valence-electron chi connectivity index (χ1n) is 5.41. The lowest BCUT2D eigenvalue weighted by molar-refractivity contribution is 0.539. The fourth-order valence-electron chi connectivity index (χ4n) is 1.78. The summed E-state index contributed by atoms with van der Waals surface area (Å²) < 4.78 is 0. The van der Waals surface area contributed by atoms with Crippen LogP contribution in [0.3, 0.4) is 0 Å². The molecule has 4 radical (unpaired) electrons. The Bertz CT molecular complexity index is 402. The zero-order valence-corrected chi connectivity index (χ0v) is 9.69. The van der Waals surface area contributed by atoms with Gasteiger partial charge >= 0.3 is 0 Å². The minimum atomic E-state index is -0.611. The molecular formula is C14H12N2O2. The molecule has 2 unspecified atom stereocenters. The van der Waals surface area contributed by atoms with E-state index < -0.39 is 11.8 Å². The van der Waals surface area contributed by atoms with Crippen molar-refractivity contribution in [3.63, 3.8) is 0 Å². The molecule has 4 heteroatoms. The quantitative estimate of drug-likeness (QED) is 0.680. The third-order valence-corrected chi connectivity index (χ3v) is 2.64. The Labute approximate surface area is 106 Å². The molecule has 0 heterocycles. The van der Waals surface area contributed by atoms with Crippen molar-refractivity contribution in [2.75, 3.05) is 0 Å². The van der Waals surface area contributed by atoms with Crippen molar-refractivity contribution in [3.8, 4) is 0 Å². The molecule has 1 rings (SSSR count). The summed E-state index contributed by atoms with van der Waals surface area (Å²) in [5.41, 5.74) is 1.27. The molecule has 18 heavy (non-hydrogen) atoms. The average molecular weight is 240 g/mol. The molecule has 0 fully saturated rings. The Kier molecular flexibility index (Phi) is 5.64. The van der Waals surface area contributed by atoms with Gasteiger partial charge in [0.25, 0.3) is 0 Å². The van der Waals surface area contributed by atoms with Gasteiger partial charge in [-0.25, -0.2) is 0 Å². The van der Waals surface area contributed by atoms with Crippen molar-refractivity contribution in [1.82, 2.24) is 0 Å². The number of nitrogens with one attached hydrogen (secondary N) is 2. The molecule has 0 amide bonds. The van der Waals surface area contributed by atoms with E-state index in [0.717, 1.165) is 0 Å². The first-order chi connectivity index (χ1) is 8.78. The molecule has 0 aliphatic rings. The second-order valence-corrected chi connectivity index (χ2v) is 3.73. The number of carbonyl (C=O) groups excluding carboxylic acids is 2. The lowest BCUT2D eigenvalue weighted by Gasteiger charge is -2.16. The van der Waals surface area contributed by atoms with Crippen LogP contribution in [0.15, 0.2) is 24.3 Å². The number of rotatable bonds is 8. The van der Waals surface area contributed by atoms with Gasteiger partial charge in [-0.1, -0.05) is 24.3 Å². The largest absolute Gasteiger partial charge is 0.303 e. The number of benzene rings is 1. The topological polar surface area (TPSA) is 81.8 Å². The molecule has 1 aromatic carbocycles. The van der Waals surface area contributed by atoms with Crippen molar-refractivity contribution in [3.05, 3.63) is 35.4 Å². The highest BCUT2D eigenvalue weighted by atomic mass is 16.1. The van der Waals surface area contributed by atoms with Crippen molar-refractivity contribution in [2.45, 2.75) is 24.7 Å². The van der Waals surface area contributed by atoms with Crippen LogP contribution in [0, 0.1) is 10.8 Å². The molecular weight excluding hydrogens is 228 g/mol. The van der Waals surface area contributed by atoms with E-state index in [2.05, 4.69) is 12.4 Å². The lowest BCUT2D eigenvalue weighted by Crippen LogP contribution is -2.10. The number of hydrogen-bond acceptors (Lipinski definition) is 4. The maximum atomic E-state index is 10.9. The summed E-state index contributed by atoms with van der Waals surface area (Å²) in [5.74, 6) is -1.22. The summed E-state index contributed by atoms with van der Waals surface area (Å²) >= 11 is 0. The summed E-state index contributed by atoms with van der Waals surface area (Å²) in [7, 11) is 0. The van der Waals surface area contributed by atoms with Crippen LogP contribution >= 0.6 is 0 Å². The third kappa shape index (κ3) is 3.20. The molecule has 0 aliphatic carbocycles. The fraction of sp³-hybridized carbons (Fsp3) is 0.286. The Hall–Kier alpha value is -2.10. The second-order valence-electron chi connectivity index (χ2n) is 3.73. The normalized spacial score (nSPS) is 13.3. The van der Waals surface area contributed by atoms with E-state index in [1.165, 1.54) is 0 Å². The van der Waals surface area contributed by atoms with Crippen LogP contribution in [-0.4, -0.2) is 25.0 Å². The molecule has 0 saturated heterocycles. The first-order valence-corrected chi connectivity index (χ1v) is 5.41. The Morgan fingerprint density at radius 2 is 1.28 bits per heavy atom. The molecule has 0 aromatic heterocycles. The zero-order valence-electron chi connectivity index (χ0n) is 9.69. The second kappa shape index (κ2) is 7.27. The highest BCUT2D eigenvalue weighted by Gasteiger charge is 2.20. The lowest BCUT2D eigenvalue weighted by atomic mass is 9.86. The summed E-state index contributed by atoms with van der Waals surface area (Å²) in [4.78, 5) is 21.8. The maximum Gasteiger partial charge on any atom is 0.206 e. The summed E-state index contributed by atoms with van der Waals surface area (Å²) in [5, 5.41) is 13.9. The van der Waals surface area contributed by atoms with Crippen molar-refractivity contribution >= 4 is 25.0 Å². The monoisotopic (exact) mass is 240 g/mol. The van der Waals surface area contributed by atoms with E-state index in [4.69, 9.17) is 10.8 Å². The van der Waals surface area contributed by atoms with Crippen LogP contribution in [0.1, 0.15) is 35.8 Å². The zero-order chi connectivity index (χ0) is 13.4. The van der Waals surface area contributed by atoms with Crippen LogP contribution < -0.4 is 0 Å². The third-order valence-electron chi connectivity index (χ3n) is 2.64. The average Bonchev–Trinajstić information content (AvgIpc) is 2.42. The predicted molar refractivity (Wildman–Crippen MR) is 68.0 cm³/mol. The van der Waals surface area contributed by atoms with Crippen molar-refractivity contribution in [2.24, 2.45) is 0 Å². The molecule has 0 spiro atoms. The Morgan fingerprint density at radius 1 is 0.889 bits per heavy atom. The molecule has 0 saturated carbocycles. The van der Waals surface area contributed by atoms with Crippen LogP contribution in [-0.2, 0) is 9.59 Å². The summed E-state index contributed by atoms with van der Waals surface area (Å²) in [6, 6.07) is 6.94. The predicted octanol–water partition coefficient (Wildman–Crippen LogP) is 1.91. The molecule has 4 nitrogen and oxygen atoms in total. The van der Waals surface area contributed by atoms with E-state index >= 15 is 0 Å². The van der Waals surface area contributed by atoms with Gasteiger partial charge in [0, 0.05) is 12.8 Å². The minimum Gasteiger partial charge on any atom is -0.303 e. The van der Waals surface area contributed by atoms with E-state index in [-0.39, 0.29) is 12.8 Å². The van der Waals surface area contributed by atoms with Gasteiger partial charge in [-0.2, -0.15) is 0 Å². The van der Waals surface area contributed by atoms with Crippen LogP contribution in [0.5, 0.6) is 0 Å². The van der Waals surface area contributed by atoms with Crippen LogP contribution in [0.4, 0.5) is 0 Å². The van der Waals surface area contributed by atoms with Gasteiger partial charge in [0.15, 0.2) is 0 Å². The fourth-order valence-corrected chi connectivity index (χ4v) is 1.78. The smallest absolute Gasteiger partial charge is 0.206 e. The van der Waals surface area contributed by atoms with Gasteiger partial charge < -0.3 is 10.8 Å². The van der Waals surface area contributed by atoms with Crippen molar-refractivity contribution in [1.29, 1.82) is 10.8 Å². The van der Waals surface area contributed by atoms with E-state index in [1.54, 1.807) is 24.3 Å². The van der Waals surface area contributed by atoms with E-state index in [9.17, 15) is 9.59 Å². The summed E-state index contributed by atoms with van der Waals surface area (Å²) in [6.45, 7) is 0. The number of hydrogen-bond donors (Lipinski definition) is 2. The molecule has 2 N–H and O–H groups in total. The Morgan fingerprint density at radius 3 is 1.56 bits per heavy atom. The van der Waals surface area contributed by atoms with Gasteiger partial charge in [0.1, 0.15) is 0 Å². The first kappa shape index (κ1) is 14.0. The molecule has 0 bridgehead atoms. The van der Waals surface area contributed by atoms with E-state index in [1.807, 2.05) is 12.6 Å². The van der Waals surface area contributed by atoms with Crippen LogP contribution in [0.2, 0.25) is 0 Å². The van der Waals surface area contributed by atoms with Gasteiger partial charge in [-0.15, -0.1) is 0 Å². The highest BCUT2D eigenvalue weighted by Crippen LogP contribution is 2.27. The summed E-state index contributed by atoms with van der Waals surface area (Å²) in [6.07, 6.45) is 8.29.